The van der Waals surface area contributed by atoms with Crippen molar-refractivity contribution < 1.29 is 9.59 Å². The second-order valence-corrected chi connectivity index (χ2v) is 7.73. The highest BCUT2D eigenvalue weighted by atomic mass is 35.5. The molecule has 4 rings (SSSR count). The molecular formula is C20H16Cl2N4O2. The molecule has 2 aromatic rings. The fourth-order valence-electron chi connectivity index (χ4n) is 3.41. The number of nitrogens with zero attached hydrogens (tertiary/aromatic N) is 4. The van der Waals surface area contributed by atoms with E-state index in [4.69, 9.17) is 23.2 Å². The monoisotopic (exact) mass is 414 g/mol. The van der Waals surface area contributed by atoms with Crippen LogP contribution < -0.4 is 10.0 Å². The number of para-hydroxylation sites is 2. The second kappa shape index (κ2) is 6.43. The van der Waals surface area contributed by atoms with Crippen LogP contribution in [0.25, 0.3) is 0 Å². The van der Waals surface area contributed by atoms with Crippen LogP contribution in [0.15, 0.2) is 70.9 Å². The van der Waals surface area contributed by atoms with Gasteiger partial charge < -0.3 is 0 Å². The Kier molecular flexibility index (Phi) is 4.28. The van der Waals surface area contributed by atoms with Gasteiger partial charge in [-0.3, -0.25) is 9.59 Å². The fourth-order valence-corrected chi connectivity index (χ4v) is 4.08. The van der Waals surface area contributed by atoms with Crippen LogP contribution in [0.5, 0.6) is 0 Å². The van der Waals surface area contributed by atoms with Crippen LogP contribution >= 0.6 is 23.2 Å². The summed E-state index contributed by atoms with van der Waals surface area (Å²) < 4.78 is 0. The summed E-state index contributed by atoms with van der Waals surface area (Å²) in [7, 11) is 0. The number of benzene rings is 2. The summed E-state index contributed by atoms with van der Waals surface area (Å²) in [4.78, 5) is 22.9. The third-order valence-electron chi connectivity index (χ3n) is 4.95. The maximum Gasteiger partial charge on any atom is 0.277 e. The van der Waals surface area contributed by atoms with Gasteiger partial charge in [-0.25, -0.2) is 0 Å². The van der Waals surface area contributed by atoms with Gasteiger partial charge in [0.15, 0.2) is 9.75 Å². The van der Waals surface area contributed by atoms with Crippen molar-refractivity contribution in [2.24, 2.45) is 10.2 Å². The predicted octanol–water partition coefficient (Wildman–Crippen LogP) is 3.79. The molecule has 2 aliphatic heterocycles. The summed E-state index contributed by atoms with van der Waals surface area (Å²) in [5.41, 5.74) is 1.54. The second-order valence-electron chi connectivity index (χ2n) is 6.59. The van der Waals surface area contributed by atoms with Gasteiger partial charge in [-0.2, -0.15) is 20.2 Å². The Balaban J connectivity index is 1.78. The van der Waals surface area contributed by atoms with Gasteiger partial charge in [-0.15, -0.1) is 0 Å². The van der Waals surface area contributed by atoms with Gasteiger partial charge in [-0.05, 0) is 38.1 Å². The molecule has 2 atom stereocenters. The highest BCUT2D eigenvalue weighted by Crippen LogP contribution is 2.48. The number of hydrogen-bond donors (Lipinski definition) is 0. The van der Waals surface area contributed by atoms with Gasteiger partial charge in [0.25, 0.3) is 11.8 Å². The van der Waals surface area contributed by atoms with E-state index >= 15 is 0 Å². The minimum Gasteiger partial charge on any atom is -0.270 e. The van der Waals surface area contributed by atoms with E-state index in [9.17, 15) is 9.59 Å². The number of carbonyl (C=O) groups excluding carboxylic acids is 2. The van der Waals surface area contributed by atoms with Crippen molar-refractivity contribution in [1.29, 1.82) is 0 Å². The minimum atomic E-state index is -1.89. The van der Waals surface area contributed by atoms with Gasteiger partial charge >= 0.3 is 0 Å². The highest BCUT2D eigenvalue weighted by Gasteiger charge is 2.70. The van der Waals surface area contributed by atoms with Crippen molar-refractivity contribution >= 4 is 57.8 Å². The molecule has 142 valence electrons. The van der Waals surface area contributed by atoms with Crippen LogP contribution in [-0.4, -0.2) is 33.0 Å². The van der Waals surface area contributed by atoms with Crippen LogP contribution in [0.3, 0.4) is 0 Å². The molecule has 2 aromatic carbocycles. The maximum atomic E-state index is 13.3. The molecule has 0 saturated heterocycles. The first kappa shape index (κ1) is 18.7. The van der Waals surface area contributed by atoms with E-state index in [1.807, 2.05) is 12.1 Å². The van der Waals surface area contributed by atoms with Crippen LogP contribution in [-0.2, 0) is 9.59 Å². The molecule has 0 aliphatic carbocycles. The first-order valence-corrected chi connectivity index (χ1v) is 9.36. The van der Waals surface area contributed by atoms with Gasteiger partial charge in [0.05, 0.1) is 22.8 Å². The third-order valence-corrected chi connectivity index (χ3v) is 6.48. The molecule has 2 heterocycles. The third kappa shape index (κ3) is 2.34. The predicted molar refractivity (Wildman–Crippen MR) is 111 cm³/mol. The molecular weight excluding hydrogens is 399 g/mol. The molecule has 2 aliphatic rings. The number of rotatable bonds is 3. The Labute approximate surface area is 172 Å². The smallest absolute Gasteiger partial charge is 0.270 e. The van der Waals surface area contributed by atoms with Crippen LogP contribution in [0, 0.1) is 0 Å². The van der Waals surface area contributed by atoms with Gasteiger partial charge in [0, 0.05) is 0 Å². The topological polar surface area (TPSA) is 65.3 Å². The largest absolute Gasteiger partial charge is 0.277 e. The first-order valence-electron chi connectivity index (χ1n) is 8.60. The molecule has 0 radical (unpaired) electrons. The molecule has 28 heavy (non-hydrogen) atoms. The van der Waals surface area contributed by atoms with Crippen LogP contribution in [0.4, 0.5) is 11.4 Å². The quantitative estimate of drug-likeness (QED) is 0.717. The van der Waals surface area contributed by atoms with Crippen molar-refractivity contribution in [3.8, 4) is 0 Å². The Bertz CT molecular complexity index is 942. The fraction of sp³-hybridized carbons (Fsp3) is 0.200. The molecule has 0 spiro atoms. The van der Waals surface area contributed by atoms with E-state index < -0.39 is 21.6 Å². The molecule has 0 aromatic heterocycles. The number of hydrogen-bond acceptors (Lipinski definition) is 4. The van der Waals surface area contributed by atoms with E-state index in [1.54, 1.807) is 62.4 Å². The SMILES string of the molecule is CC1=NN(c2ccccc2)C(=O)C1(Cl)C1(Cl)C(=O)N(c2ccccc2)N=C1C. The van der Waals surface area contributed by atoms with E-state index in [1.165, 1.54) is 10.0 Å². The summed E-state index contributed by atoms with van der Waals surface area (Å²) in [6.07, 6.45) is 0. The lowest BCUT2D eigenvalue weighted by molar-refractivity contribution is -0.124. The number of alkyl halides is 2. The standard InChI is InChI=1S/C20H16Cl2N4O2/c1-13-19(21,17(27)25(23-13)15-9-5-3-6-10-15)20(22)14(2)24-26(18(20)28)16-11-7-4-8-12-16/h3-12H,1-2H3. The molecule has 0 N–H and O–H groups in total. The zero-order valence-corrected chi connectivity index (χ0v) is 16.6. The number of halogens is 2. The zero-order valence-electron chi connectivity index (χ0n) is 15.1. The lowest BCUT2D eigenvalue weighted by Gasteiger charge is -2.33. The molecule has 0 bridgehead atoms. The Morgan fingerprint density at radius 3 is 1.32 bits per heavy atom. The van der Waals surface area contributed by atoms with Crippen molar-refractivity contribution in [3.05, 3.63) is 60.7 Å². The zero-order chi connectivity index (χ0) is 20.1. The number of carbonyl (C=O) groups is 2. The van der Waals surface area contributed by atoms with E-state index in [0.29, 0.717) is 11.4 Å². The summed E-state index contributed by atoms with van der Waals surface area (Å²) in [6.45, 7) is 3.17. The van der Waals surface area contributed by atoms with Crippen molar-refractivity contribution in [2.75, 3.05) is 10.0 Å². The van der Waals surface area contributed by atoms with Crippen molar-refractivity contribution in [2.45, 2.75) is 23.6 Å². The summed E-state index contributed by atoms with van der Waals surface area (Å²) >= 11 is 13.6. The van der Waals surface area contributed by atoms with E-state index in [2.05, 4.69) is 10.2 Å². The molecule has 0 fully saturated rings. The molecule has 2 amide bonds. The summed E-state index contributed by atoms with van der Waals surface area (Å²) in [5.74, 6) is -1.18. The molecule has 0 saturated carbocycles. The van der Waals surface area contributed by atoms with Crippen LogP contribution in [0.1, 0.15) is 13.8 Å². The van der Waals surface area contributed by atoms with E-state index in [-0.39, 0.29) is 11.4 Å². The van der Waals surface area contributed by atoms with Gasteiger partial charge in [0.1, 0.15) is 0 Å². The van der Waals surface area contributed by atoms with Gasteiger partial charge in [-0.1, -0.05) is 59.6 Å². The molecule has 6 nitrogen and oxygen atoms in total. The number of hydrazone groups is 2. The lowest BCUT2D eigenvalue weighted by Crippen LogP contribution is -2.63. The average molecular weight is 415 g/mol. The molecule has 2 unspecified atom stereocenters. The van der Waals surface area contributed by atoms with Gasteiger partial charge in [0.2, 0.25) is 0 Å². The Morgan fingerprint density at radius 2 is 1.00 bits per heavy atom. The first-order chi connectivity index (χ1) is 13.3. The maximum absolute atomic E-state index is 13.3. The Hall–Kier alpha value is -2.70. The van der Waals surface area contributed by atoms with E-state index in [0.717, 1.165) is 0 Å². The lowest BCUT2D eigenvalue weighted by atomic mass is 9.83. The highest BCUT2D eigenvalue weighted by molar-refractivity contribution is 6.66. The summed E-state index contributed by atoms with van der Waals surface area (Å²) in [6, 6.07) is 17.7. The molecule has 8 heteroatoms. The normalized spacial score (nSPS) is 27.3. The Morgan fingerprint density at radius 1 is 0.679 bits per heavy atom. The number of anilines is 2. The number of amides is 2. The minimum absolute atomic E-state index is 0.232. The summed E-state index contributed by atoms with van der Waals surface area (Å²) in [5, 5.41) is 11.0. The average Bonchev–Trinajstić information content (AvgIpc) is 3.10. The van der Waals surface area contributed by atoms with Crippen molar-refractivity contribution in [1.82, 2.24) is 0 Å². The van der Waals surface area contributed by atoms with Crippen LogP contribution in [0.2, 0.25) is 0 Å². The van der Waals surface area contributed by atoms with Crippen molar-refractivity contribution in [3.63, 3.8) is 0 Å².